The highest BCUT2D eigenvalue weighted by atomic mass is 16.5. The summed E-state index contributed by atoms with van der Waals surface area (Å²) in [4.78, 5) is 49.5. The molecule has 3 heterocycles. The molecule has 150 valence electrons. The maximum Gasteiger partial charge on any atom is 0.341 e. The number of carbonyl (C=O) groups excluding carboxylic acids is 3. The molecule has 1 aromatic heterocycles. The maximum absolute atomic E-state index is 12.9. The molecule has 0 saturated heterocycles. The van der Waals surface area contributed by atoms with E-state index in [2.05, 4.69) is 5.32 Å². The van der Waals surface area contributed by atoms with Gasteiger partial charge in [-0.05, 0) is 0 Å². The van der Waals surface area contributed by atoms with Crippen LogP contribution in [0, 0.1) is 0 Å². The highest BCUT2D eigenvalue weighted by Gasteiger charge is 2.39. The fourth-order valence-electron chi connectivity index (χ4n) is 3.60. The Kier molecular flexibility index (Phi) is 3.96. The second-order valence-electron chi connectivity index (χ2n) is 6.15. The molecule has 2 aliphatic rings. The summed E-state index contributed by atoms with van der Waals surface area (Å²) in [6.45, 7) is -0.122. The molecule has 0 bridgehead atoms. The van der Waals surface area contributed by atoms with E-state index in [1.165, 1.54) is 21.3 Å². The highest BCUT2D eigenvalue weighted by molar-refractivity contribution is 6.23. The van der Waals surface area contributed by atoms with E-state index >= 15 is 0 Å². The number of fused-ring (bicyclic) bond motifs is 2. The first-order chi connectivity index (χ1) is 13.8. The standard InChI is InChI=1S/C18H15N3O8/c1-26-12-7-5-29-18(25)9(7)11(13(27-2)14(12)28-3)21-8(22)4-6-10(15(21)19)17(24)20-16(6)23/h4H,5,19H2,1-3H3,(H,20,23,24). The quantitative estimate of drug-likeness (QED) is 0.533. The molecule has 0 unspecified atom stereocenters. The largest absolute Gasteiger partial charge is 0.492 e. The Morgan fingerprint density at radius 3 is 2.24 bits per heavy atom. The number of ether oxygens (including phenoxy) is 4. The van der Waals surface area contributed by atoms with E-state index in [-0.39, 0.29) is 52.1 Å². The first kappa shape index (κ1) is 18.3. The molecule has 11 heteroatoms. The number of pyridine rings is 1. The Labute approximate surface area is 162 Å². The minimum absolute atomic E-state index is 0.0158. The Balaban J connectivity index is 2.19. The lowest BCUT2D eigenvalue weighted by molar-refractivity contribution is 0.0533. The number of anilines is 1. The van der Waals surface area contributed by atoms with Crippen LogP contribution in [0.3, 0.4) is 0 Å². The van der Waals surface area contributed by atoms with Gasteiger partial charge >= 0.3 is 5.97 Å². The van der Waals surface area contributed by atoms with Gasteiger partial charge in [-0.1, -0.05) is 0 Å². The molecule has 0 aliphatic carbocycles. The van der Waals surface area contributed by atoms with E-state index in [1.807, 2.05) is 0 Å². The number of benzene rings is 1. The fraction of sp³-hybridized carbons (Fsp3) is 0.222. The van der Waals surface area contributed by atoms with E-state index in [0.29, 0.717) is 5.56 Å². The number of methoxy groups -OCH3 is 3. The van der Waals surface area contributed by atoms with Gasteiger partial charge in [-0.25, -0.2) is 4.79 Å². The molecule has 0 atom stereocenters. The van der Waals surface area contributed by atoms with Crippen molar-refractivity contribution in [3.63, 3.8) is 0 Å². The van der Waals surface area contributed by atoms with Crippen LogP contribution in [-0.4, -0.2) is 43.7 Å². The van der Waals surface area contributed by atoms with Crippen LogP contribution in [0.1, 0.15) is 36.6 Å². The molecule has 2 aliphatic heterocycles. The van der Waals surface area contributed by atoms with Crippen LogP contribution in [0.4, 0.5) is 5.82 Å². The first-order valence-corrected chi connectivity index (χ1v) is 8.29. The zero-order valence-electron chi connectivity index (χ0n) is 15.6. The molecule has 0 radical (unpaired) electrons. The molecular weight excluding hydrogens is 386 g/mol. The van der Waals surface area contributed by atoms with Gasteiger partial charge < -0.3 is 24.7 Å². The van der Waals surface area contributed by atoms with Crippen molar-refractivity contribution in [1.29, 1.82) is 0 Å². The van der Waals surface area contributed by atoms with Crippen LogP contribution in [0.5, 0.6) is 17.2 Å². The molecule has 0 spiro atoms. The van der Waals surface area contributed by atoms with Crippen LogP contribution >= 0.6 is 0 Å². The number of carbonyl (C=O) groups is 3. The number of cyclic esters (lactones) is 1. The smallest absolute Gasteiger partial charge is 0.341 e. The van der Waals surface area contributed by atoms with Crippen molar-refractivity contribution in [2.75, 3.05) is 27.1 Å². The summed E-state index contributed by atoms with van der Waals surface area (Å²) in [5.41, 5.74) is 5.29. The van der Waals surface area contributed by atoms with Crippen LogP contribution in [-0.2, 0) is 11.3 Å². The minimum atomic E-state index is -0.755. The van der Waals surface area contributed by atoms with Gasteiger partial charge in [0.25, 0.3) is 17.4 Å². The molecule has 29 heavy (non-hydrogen) atoms. The predicted octanol–water partition coefficient (Wildman–Crippen LogP) is -0.000500. The van der Waals surface area contributed by atoms with E-state index < -0.39 is 23.3 Å². The van der Waals surface area contributed by atoms with E-state index in [1.54, 1.807) is 0 Å². The molecule has 11 nitrogen and oxygen atoms in total. The number of amides is 2. The third-order valence-electron chi connectivity index (χ3n) is 4.78. The van der Waals surface area contributed by atoms with Gasteiger partial charge in [-0.3, -0.25) is 24.3 Å². The summed E-state index contributed by atoms with van der Waals surface area (Å²) in [5, 5.41) is 2.08. The van der Waals surface area contributed by atoms with Gasteiger partial charge in [0.15, 0.2) is 11.5 Å². The molecule has 3 N–H and O–H groups in total. The van der Waals surface area contributed by atoms with Gasteiger partial charge in [0, 0.05) is 6.07 Å². The minimum Gasteiger partial charge on any atom is -0.492 e. The normalized spacial score (nSPS) is 14.2. The van der Waals surface area contributed by atoms with Gasteiger partial charge in [0.05, 0.1) is 43.6 Å². The molecule has 1 aromatic carbocycles. The molecule has 2 aromatic rings. The summed E-state index contributed by atoms with van der Waals surface area (Å²) in [7, 11) is 4.04. The van der Waals surface area contributed by atoms with Crippen molar-refractivity contribution in [3.8, 4) is 22.9 Å². The van der Waals surface area contributed by atoms with Crippen molar-refractivity contribution < 1.29 is 33.3 Å². The van der Waals surface area contributed by atoms with Gasteiger partial charge in [0.1, 0.15) is 18.1 Å². The first-order valence-electron chi connectivity index (χ1n) is 8.29. The molecule has 0 saturated carbocycles. The lowest BCUT2D eigenvalue weighted by atomic mass is 10.0. The predicted molar refractivity (Wildman–Crippen MR) is 97.0 cm³/mol. The summed E-state index contributed by atoms with van der Waals surface area (Å²) in [6, 6.07) is 0.967. The SMILES string of the molecule is COc1c2c(c(-n3c(N)c4c(cc3=O)C(=O)NC4=O)c(OC)c1OC)C(=O)OC2. The number of imide groups is 1. The summed E-state index contributed by atoms with van der Waals surface area (Å²) in [6.07, 6.45) is 0. The molecule has 0 fully saturated rings. The summed E-state index contributed by atoms with van der Waals surface area (Å²) >= 11 is 0. The monoisotopic (exact) mass is 401 g/mol. The number of hydrogen-bond donors (Lipinski definition) is 2. The van der Waals surface area contributed by atoms with Crippen molar-refractivity contribution >= 4 is 23.6 Å². The van der Waals surface area contributed by atoms with E-state index in [0.717, 1.165) is 10.6 Å². The van der Waals surface area contributed by atoms with Gasteiger partial charge in [-0.15, -0.1) is 0 Å². The molecular formula is C18H15N3O8. The zero-order chi connectivity index (χ0) is 21.0. The van der Waals surface area contributed by atoms with E-state index in [9.17, 15) is 19.2 Å². The molecule has 2 amide bonds. The topological polar surface area (TPSA) is 148 Å². The average molecular weight is 401 g/mol. The van der Waals surface area contributed by atoms with E-state index in [4.69, 9.17) is 24.7 Å². The number of nitrogens with one attached hydrogen (secondary N) is 1. The van der Waals surface area contributed by atoms with Gasteiger partial charge in [0.2, 0.25) is 5.75 Å². The van der Waals surface area contributed by atoms with Crippen molar-refractivity contribution in [2.45, 2.75) is 6.61 Å². The lowest BCUT2D eigenvalue weighted by Crippen LogP contribution is -2.26. The number of esters is 1. The number of rotatable bonds is 4. The molecule has 4 rings (SSSR count). The van der Waals surface area contributed by atoms with Crippen molar-refractivity contribution in [1.82, 2.24) is 9.88 Å². The van der Waals surface area contributed by atoms with Crippen molar-refractivity contribution in [3.05, 3.63) is 38.7 Å². The number of nitrogens with two attached hydrogens (primary N) is 1. The number of nitrogens with zero attached hydrogens (tertiary/aromatic N) is 1. The second-order valence-corrected chi connectivity index (χ2v) is 6.15. The summed E-state index contributed by atoms with van der Waals surface area (Å²) < 4.78 is 22.2. The lowest BCUT2D eigenvalue weighted by Gasteiger charge is -2.21. The Hall–Kier alpha value is -4.02. The average Bonchev–Trinajstić information content (AvgIpc) is 3.20. The third-order valence-corrected chi connectivity index (χ3v) is 4.78. The van der Waals surface area contributed by atoms with Gasteiger partial charge in [-0.2, -0.15) is 0 Å². The van der Waals surface area contributed by atoms with Crippen LogP contribution in [0.15, 0.2) is 10.9 Å². The zero-order valence-corrected chi connectivity index (χ0v) is 15.6. The Bertz CT molecular complexity index is 1180. The fourth-order valence-corrected chi connectivity index (χ4v) is 3.60. The Morgan fingerprint density at radius 2 is 1.62 bits per heavy atom. The van der Waals surface area contributed by atoms with Crippen LogP contribution in [0.2, 0.25) is 0 Å². The second kappa shape index (κ2) is 6.26. The van der Waals surface area contributed by atoms with Crippen LogP contribution in [0.25, 0.3) is 5.69 Å². The number of nitrogen functional groups attached to an aromatic ring is 1. The number of aromatic nitrogens is 1. The van der Waals surface area contributed by atoms with Crippen LogP contribution < -0.4 is 30.8 Å². The highest BCUT2D eigenvalue weighted by Crippen LogP contribution is 2.49. The summed E-state index contributed by atoms with van der Waals surface area (Å²) in [5.74, 6) is -2.27. The number of hydrogen-bond acceptors (Lipinski definition) is 9. The Morgan fingerprint density at radius 1 is 0.966 bits per heavy atom. The van der Waals surface area contributed by atoms with Crippen molar-refractivity contribution in [2.24, 2.45) is 0 Å². The maximum atomic E-state index is 12.9. The third kappa shape index (κ3) is 2.30.